The summed E-state index contributed by atoms with van der Waals surface area (Å²) in [6, 6.07) is 14.6. The summed E-state index contributed by atoms with van der Waals surface area (Å²) in [7, 11) is 0. The van der Waals surface area contributed by atoms with E-state index in [0.29, 0.717) is 18.5 Å². The third kappa shape index (κ3) is 2.97. The van der Waals surface area contributed by atoms with Gasteiger partial charge in [-0.25, -0.2) is 4.79 Å². The summed E-state index contributed by atoms with van der Waals surface area (Å²) >= 11 is 5.48. The van der Waals surface area contributed by atoms with Crippen LogP contribution in [0.25, 0.3) is 0 Å². The van der Waals surface area contributed by atoms with Crippen LogP contribution in [0.2, 0.25) is 0 Å². The zero-order valence-electron chi connectivity index (χ0n) is 11.8. The van der Waals surface area contributed by atoms with Gasteiger partial charge in [0, 0.05) is 12.1 Å². The first-order valence-electron chi connectivity index (χ1n) is 6.96. The Morgan fingerprint density at radius 3 is 2.64 bits per heavy atom. The summed E-state index contributed by atoms with van der Waals surface area (Å²) in [6.07, 6.45) is 0.306. The number of halogens is 1. The highest BCUT2D eigenvalue weighted by atomic mass is 35.5. The van der Waals surface area contributed by atoms with Crippen molar-refractivity contribution in [2.45, 2.75) is 13.0 Å². The molecule has 4 nitrogen and oxygen atoms in total. The number of benzene rings is 2. The number of hydrogen-bond donors (Lipinski definition) is 0. The van der Waals surface area contributed by atoms with Crippen LogP contribution in [0.4, 0.5) is 10.5 Å². The number of amides is 1. The van der Waals surface area contributed by atoms with Crippen LogP contribution < -0.4 is 4.90 Å². The van der Waals surface area contributed by atoms with E-state index in [1.807, 2.05) is 30.3 Å². The van der Waals surface area contributed by atoms with Crippen molar-refractivity contribution in [3.8, 4) is 0 Å². The van der Waals surface area contributed by atoms with Crippen molar-refractivity contribution >= 4 is 28.6 Å². The molecule has 0 N–H and O–H groups in total. The molecule has 0 aromatic heterocycles. The Balaban J connectivity index is 1.70. The first-order chi connectivity index (χ1) is 10.6. The second-order valence-corrected chi connectivity index (χ2v) is 5.40. The Morgan fingerprint density at radius 1 is 1.14 bits per heavy atom. The van der Waals surface area contributed by atoms with E-state index in [0.717, 1.165) is 16.8 Å². The first-order valence-corrected chi connectivity index (χ1v) is 7.34. The van der Waals surface area contributed by atoms with Crippen LogP contribution in [0.15, 0.2) is 48.5 Å². The standard InChI is InChI=1S/C17H14ClNO3/c18-16(20)14-6-7-15-13(10-14)8-9-19(15)17(21)22-11-12-4-2-1-3-5-12/h1-7,10H,8-9,11H2. The Kier molecular flexibility index (Phi) is 4.11. The zero-order valence-corrected chi connectivity index (χ0v) is 12.5. The van der Waals surface area contributed by atoms with E-state index in [4.69, 9.17) is 16.3 Å². The molecule has 112 valence electrons. The lowest BCUT2D eigenvalue weighted by Crippen LogP contribution is -2.29. The van der Waals surface area contributed by atoms with Crippen molar-refractivity contribution in [3.05, 3.63) is 65.2 Å². The summed E-state index contributed by atoms with van der Waals surface area (Å²) in [5, 5.41) is -0.493. The molecule has 0 radical (unpaired) electrons. The topological polar surface area (TPSA) is 46.6 Å². The molecule has 3 rings (SSSR count). The van der Waals surface area contributed by atoms with Crippen LogP contribution in [-0.4, -0.2) is 17.9 Å². The highest BCUT2D eigenvalue weighted by molar-refractivity contribution is 6.67. The number of fused-ring (bicyclic) bond motifs is 1. The predicted octanol–water partition coefficient (Wildman–Crippen LogP) is 3.76. The van der Waals surface area contributed by atoms with Crippen LogP contribution in [0.3, 0.4) is 0 Å². The predicted molar refractivity (Wildman–Crippen MR) is 84.3 cm³/mol. The summed E-state index contributed by atoms with van der Waals surface area (Å²) in [6.45, 7) is 0.784. The van der Waals surface area contributed by atoms with Crippen LogP contribution in [0.5, 0.6) is 0 Å². The van der Waals surface area contributed by atoms with Gasteiger partial charge in [-0.3, -0.25) is 9.69 Å². The van der Waals surface area contributed by atoms with Gasteiger partial charge in [-0.15, -0.1) is 0 Å². The van der Waals surface area contributed by atoms with Gasteiger partial charge in [0.05, 0.1) is 5.69 Å². The summed E-state index contributed by atoms with van der Waals surface area (Å²) in [5.74, 6) is 0. The largest absolute Gasteiger partial charge is 0.444 e. The molecular weight excluding hydrogens is 302 g/mol. The number of carbonyl (C=O) groups excluding carboxylic acids is 2. The Labute approximate surface area is 133 Å². The number of anilines is 1. The molecule has 22 heavy (non-hydrogen) atoms. The molecule has 0 aliphatic carbocycles. The smallest absolute Gasteiger partial charge is 0.414 e. The van der Waals surface area contributed by atoms with Gasteiger partial charge in [0.15, 0.2) is 0 Å². The number of hydrogen-bond acceptors (Lipinski definition) is 3. The van der Waals surface area contributed by atoms with Crippen molar-refractivity contribution in [2.24, 2.45) is 0 Å². The summed E-state index contributed by atoms with van der Waals surface area (Å²) in [4.78, 5) is 25.0. The average molecular weight is 316 g/mol. The van der Waals surface area contributed by atoms with Crippen LogP contribution in [-0.2, 0) is 17.8 Å². The number of nitrogens with zero attached hydrogens (tertiary/aromatic N) is 1. The van der Waals surface area contributed by atoms with Crippen LogP contribution >= 0.6 is 11.6 Å². The number of carbonyl (C=O) groups is 2. The molecule has 0 bridgehead atoms. The van der Waals surface area contributed by atoms with Crippen molar-refractivity contribution < 1.29 is 14.3 Å². The van der Waals surface area contributed by atoms with E-state index in [1.54, 1.807) is 23.1 Å². The Bertz CT molecular complexity index is 715. The molecule has 0 fully saturated rings. The first kappa shape index (κ1) is 14.6. The summed E-state index contributed by atoms with van der Waals surface area (Å²) < 4.78 is 5.34. The molecule has 2 aromatic carbocycles. The minimum atomic E-state index is -0.493. The van der Waals surface area contributed by atoms with Crippen LogP contribution in [0, 0.1) is 0 Å². The SMILES string of the molecule is O=C(Cl)c1ccc2c(c1)CCN2C(=O)OCc1ccccc1. The molecule has 1 heterocycles. The fourth-order valence-electron chi connectivity index (χ4n) is 2.51. The third-order valence-electron chi connectivity index (χ3n) is 3.63. The molecule has 0 atom stereocenters. The fraction of sp³-hybridized carbons (Fsp3) is 0.176. The zero-order chi connectivity index (χ0) is 15.5. The van der Waals surface area contributed by atoms with E-state index >= 15 is 0 Å². The maximum absolute atomic E-state index is 12.2. The molecule has 1 aliphatic rings. The van der Waals surface area contributed by atoms with Gasteiger partial charge in [-0.2, -0.15) is 0 Å². The van der Waals surface area contributed by atoms with E-state index in [2.05, 4.69) is 0 Å². The lowest BCUT2D eigenvalue weighted by Gasteiger charge is -2.17. The molecule has 2 aromatic rings. The van der Waals surface area contributed by atoms with Crippen molar-refractivity contribution in [2.75, 3.05) is 11.4 Å². The van der Waals surface area contributed by atoms with Crippen molar-refractivity contribution in [1.82, 2.24) is 0 Å². The third-order valence-corrected chi connectivity index (χ3v) is 3.85. The van der Waals surface area contributed by atoms with Crippen LogP contribution in [0.1, 0.15) is 21.5 Å². The Morgan fingerprint density at radius 2 is 1.91 bits per heavy atom. The second kappa shape index (κ2) is 6.20. The van der Waals surface area contributed by atoms with E-state index in [1.165, 1.54) is 0 Å². The minimum absolute atomic E-state index is 0.240. The monoisotopic (exact) mass is 315 g/mol. The normalized spacial score (nSPS) is 12.9. The van der Waals surface area contributed by atoms with Gasteiger partial charge in [0.25, 0.3) is 5.24 Å². The number of ether oxygens (including phenoxy) is 1. The number of rotatable bonds is 3. The quantitative estimate of drug-likeness (QED) is 0.810. The lowest BCUT2D eigenvalue weighted by atomic mass is 10.1. The molecule has 0 saturated carbocycles. The van der Waals surface area contributed by atoms with Gasteiger partial charge >= 0.3 is 6.09 Å². The minimum Gasteiger partial charge on any atom is -0.444 e. The second-order valence-electron chi connectivity index (χ2n) is 5.06. The molecular formula is C17H14ClNO3. The molecule has 1 aliphatic heterocycles. The van der Waals surface area contributed by atoms with Gasteiger partial charge in [0.1, 0.15) is 6.61 Å². The molecule has 0 spiro atoms. The van der Waals surface area contributed by atoms with E-state index < -0.39 is 5.24 Å². The molecule has 0 saturated heterocycles. The molecule has 1 amide bonds. The van der Waals surface area contributed by atoms with Gasteiger partial charge in [0.2, 0.25) is 0 Å². The average Bonchev–Trinajstić information content (AvgIpc) is 2.96. The van der Waals surface area contributed by atoms with Crippen molar-refractivity contribution in [1.29, 1.82) is 0 Å². The van der Waals surface area contributed by atoms with Gasteiger partial charge in [-0.1, -0.05) is 30.3 Å². The molecule has 5 heteroatoms. The van der Waals surface area contributed by atoms with E-state index in [-0.39, 0.29) is 12.7 Å². The van der Waals surface area contributed by atoms with Gasteiger partial charge < -0.3 is 4.74 Å². The maximum atomic E-state index is 12.2. The maximum Gasteiger partial charge on any atom is 0.414 e. The van der Waals surface area contributed by atoms with Gasteiger partial charge in [-0.05, 0) is 47.3 Å². The molecule has 0 unspecified atom stereocenters. The fourth-order valence-corrected chi connectivity index (χ4v) is 2.63. The Hall–Kier alpha value is -2.33. The lowest BCUT2D eigenvalue weighted by molar-refractivity contribution is 0.108. The highest BCUT2D eigenvalue weighted by Crippen LogP contribution is 2.30. The summed E-state index contributed by atoms with van der Waals surface area (Å²) in [5.41, 5.74) is 3.10. The van der Waals surface area contributed by atoms with Crippen molar-refractivity contribution in [3.63, 3.8) is 0 Å². The van der Waals surface area contributed by atoms with E-state index in [9.17, 15) is 9.59 Å². The highest BCUT2D eigenvalue weighted by Gasteiger charge is 2.26.